The van der Waals surface area contributed by atoms with Gasteiger partial charge in [0.25, 0.3) is 6.01 Å². The molecule has 2 aliphatic rings. The summed E-state index contributed by atoms with van der Waals surface area (Å²) in [6, 6.07) is 16.3. The van der Waals surface area contributed by atoms with Gasteiger partial charge in [0.15, 0.2) is 0 Å². The second-order valence-corrected chi connectivity index (χ2v) is 8.54. The molecule has 32 heavy (non-hydrogen) atoms. The fourth-order valence-corrected chi connectivity index (χ4v) is 5.11. The van der Waals surface area contributed by atoms with E-state index in [1.807, 2.05) is 48.7 Å². The minimum atomic E-state index is -0.196. The van der Waals surface area contributed by atoms with Gasteiger partial charge < -0.3 is 14.7 Å². The number of aryl methyl sites for hydroxylation is 1. The molecule has 2 aromatic carbocycles. The van der Waals surface area contributed by atoms with Crippen LogP contribution in [0, 0.1) is 5.92 Å². The molecule has 2 aromatic heterocycles. The van der Waals surface area contributed by atoms with Gasteiger partial charge in [0, 0.05) is 35.5 Å². The Labute approximate surface area is 185 Å². The summed E-state index contributed by atoms with van der Waals surface area (Å²) >= 11 is 0. The van der Waals surface area contributed by atoms with Crippen molar-refractivity contribution in [3.8, 4) is 11.8 Å². The minimum absolute atomic E-state index is 0.0546. The first-order valence-electron chi connectivity index (χ1n) is 11.2. The molecule has 0 saturated heterocycles. The SMILES string of the molecule is CCc1[nH]cc2c1N=C1CCCC(=O)C1[C@H]2c1cccc(Oc2nc3ccccc3[nH]2)c1. The zero-order valence-electron chi connectivity index (χ0n) is 17.9. The Hall–Kier alpha value is -3.67. The monoisotopic (exact) mass is 424 g/mol. The molecular weight excluding hydrogens is 400 g/mol. The van der Waals surface area contributed by atoms with Crippen molar-refractivity contribution in [1.82, 2.24) is 15.0 Å². The number of imidazole rings is 1. The highest BCUT2D eigenvalue weighted by atomic mass is 16.5. The predicted octanol–water partition coefficient (Wildman–Crippen LogP) is 5.83. The van der Waals surface area contributed by atoms with Crippen molar-refractivity contribution < 1.29 is 9.53 Å². The van der Waals surface area contributed by atoms with Gasteiger partial charge in [0.05, 0.1) is 22.6 Å². The highest BCUT2D eigenvalue weighted by Gasteiger charge is 2.41. The number of carbonyl (C=O) groups is 1. The molecule has 2 atom stereocenters. The average Bonchev–Trinajstić information content (AvgIpc) is 3.41. The number of aliphatic imine (C=N–C) groups is 1. The Kier molecular flexibility index (Phi) is 4.45. The second-order valence-electron chi connectivity index (χ2n) is 8.54. The molecule has 1 aliphatic heterocycles. The molecule has 160 valence electrons. The normalized spacial score (nSPS) is 20.0. The van der Waals surface area contributed by atoms with E-state index >= 15 is 0 Å². The van der Waals surface area contributed by atoms with Crippen molar-refractivity contribution in [2.45, 2.75) is 38.5 Å². The van der Waals surface area contributed by atoms with Crippen LogP contribution in [0.15, 0.2) is 59.7 Å². The first kappa shape index (κ1) is 19.0. The van der Waals surface area contributed by atoms with Crippen LogP contribution in [0.3, 0.4) is 0 Å². The topological polar surface area (TPSA) is 83.1 Å². The van der Waals surface area contributed by atoms with Crippen molar-refractivity contribution >= 4 is 28.2 Å². The standard InChI is InChI=1S/C26H24N4O2/c1-2-18-25-17(14-27-18)23(24-21(28-25)11-6-12-22(24)31)15-7-5-8-16(13-15)32-26-29-19-9-3-4-10-20(19)30-26/h3-5,7-10,13-14,23-24,27H,2,6,11-12H2,1H3,(H,29,30)/t23-,24?/m0/s1. The van der Waals surface area contributed by atoms with Crippen LogP contribution < -0.4 is 4.74 Å². The first-order chi connectivity index (χ1) is 15.7. The summed E-state index contributed by atoms with van der Waals surface area (Å²) in [7, 11) is 0. The number of nitrogens with zero attached hydrogens (tertiary/aromatic N) is 2. The van der Waals surface area contributed by atoms with Gasteiger partial charge in [0.1, 0.15) is 11.5 Å². The van der Waals surface area contributed by atoms with Gasteiger partial charge in [-0.3, -0.25) is 9.79 Å². The summed E-state index contributed by atoms with van der Waals surface area (Å²) in [6.07, 6.45) is 5.31. The molecule has 4 aromatic rings. The van der Waals surface area contributed by atoms with E-state index in [0.29, 0.717) is 18.2 Å². The average molecular weight is 425 g/mol. The van der Waals surface area contributed by atoms with Gasteiger partial charge in [-0.05, 0) is 49.1 Å². The third-order valence-corrected chi connectivity index (χ3v) is 6.60. The smallest absolute Gasteiger partial charge is 0.300 e. The van der Waals surface area contributed by atoms with Crippen LogP contribution in [0.25, 0.3) is 11.0 Å². The molecule has 1 unspecified atom stereocenters. The quantitative estimate of drug-likeness (QED) is 0.432. The Morgan fingerprint density at radius 3 is 2.88 bits per heavy atom. The summed E-state index contributed by atoms with van der Waals surface area (Å²) < 4.78 is 6.08. The Bertz CT molecular complexity index is 1330. The van der Waals surface area contributed by atoms with Crippen molar-refractivity contribution in [3.05, 3.63) is 71.5 Å². The van der Waals surface area contributed by atoms with E-state index in [2.05, 4.69) is 27.9 Å². The van der Waals surface area contributed by atoms with E-state index in [0.717, 1.165) is 58.5 Å². The Morgan fingerprint density at radius 1 is 1.09 bits per heavy atom. The maximum atomic E-state index is 13.0. The number of fused-ring (bicyclic) bond motifs is 3. The summed E-state index contributed by atoms with van der Waals surface area (Å²) in [4.78, 5) is 29.1. The number of aromatic nitrogens is 3. The molecule has 0 spiro atoms. The second kappa shape index (κ2) is 7.48. The van der Waals surface area contributed by atoms with E-state index < -0.39 is 0 Å². The number of hydrogen-bond acceptors (Lipinski definition) is 4. The molecule has 1 aliphatic carbocycles. The van der Waals surface area contributed by atoms with Gasteiger partial charge in [-0.1, -0.05) is 31.2 Å². The zero-order valence-corrected chi connectivity index (χ0v) is 17.9. The molecule has 3 heterocycles. The molecule has 1 fully saturated rings. The molecule has 1 saturated carbocycles. The van der Waals surface area contributed by atoms with Gasteiger partial charge >= 0.3 is 0 Å². The van der Waals surface area contributed by atoms with Crippen molar-refractivity contribution in [2.75, 3.05) is 0 Å². The van der Waals surface area contributed by atoms with Gasteiger partial charge in [-0.25, -0.2) is 0 Å². The molecule has 0 radical (unpaired) electrons. The van der Waals surface area contributed by atoms with Crippen LogP contribution in [0.2, 0.25) is 0 Å². The lowest BCUT2D eigenvalue weighted by Crippen LogP contribution is -2.36. The Morgan fingerprint density at radius 2 is 2.00 bits per heavy atom. The van der Waals surface area contributed by atoms with E-state index in [-0.39, 0.29) is 17.6 Å². The number of para-hydroxylation sites is 2. The van der Waals surface area contributed by atoms with E-state index in [1.165, 1.54) is 0 Å². The lowest BCUT2D eigenvalue weighted by molar-refractivity contribution is -0.121. The van der Waals surface area contributed by atoms with Gasteiger partial charge in [-0.2, -0.15) is 4.98 Å². The van der Waals surface area contributed by atoms with Crippen molar-refractivity contribution in [3.63, 3.8) is 0 Å². The van der Waals surface area contributed by atoms with Crippen molar-refractivity contribution in [2.24, 2.45) is 10.9 Å². The Balaban J connectivity index is 1.41. The molecular formula is C26H24N4O2. The number of H-pyrrole nitrogens is 2. The third kappa shape index (κ3) is 3.06. The van der Waals surface area contributed by atoms with E-state index in [1.54, 1.807) is 0 Å². The fourth-order valence-electron chi connectivity index (χ4n) is 5.11. The number of nitrogens with one attached hydrogen (secondary N) is 2. The number of benzene rings is 2. The molecule has 2 N–H and O–H groups in total. The van der Waals surface area contributed by atoms with Gasteiger partial charge in [-0.15, -0.1) is 0 Å². The number of ether oxygens (including phenoxy) is 1. The highest BCUT2D eigenvalue weighted by molar-refractivity contribution is 6.10. The number of ketones is 1. The summed E-state index contributed by atoms with van der Waals surface area (Å²) in [6.45, 7) is 2.13. The predicted molar refractivity (Wildman–Crippen MR) is 124 cm³/mol. The van der Waals surface area contributed by atoms with Crippen LogP contribution in [-0.4, -0.2) is 26.4 Å². The van der Waals surface area contributed by atoms with Gasteiger partial charge in [0.2, 0.25) is 0 Å². The maximum Gasteiger partial charge on any atom is 0.300 e. The number of carbonyl (C=O) groups excluding carboxylic acids is 1. The van der Waals surface area contributed by atoms with Crippen LogP contribution >= 0.6 is 0 Å². The van der Waals surface area contributed by atoms with Crippen LogP contribution in [0.4, 0.5) is 5.69 Å². The molecule has 6 nitrogen and oxygen atoms in total. The molecule has 6 rings (SSSR count). The van der Waals surface area contributed by atoms with Crippen LogP contribution in [0.5, 0.6) is 11.8 Å². The van der Waals surface area contributed by atoms with Crippen molar-refractivity contribution in [1.29, 1.82) is 0 Å². The minimum Gasteiger partial charge on any atom is -0.426 e. The first-order valence-corrected chi connectivity index (χ1v) is 11.2. The zero-order chi connectivity index (χ0) is 21.7. The van der Waals surface area contributed by atoms with E-state index in [9.17, 15) is 4.79 Å². The number of rotatable bonds is 4. The lowest BCUT2D eigenvalue weighted by Gasteiger charge is -2.34. The molecule has 0 amide bonds. The number of Topliss-reactive ketones (excluding diaryl/α,β-unsaturated/α-hetero) is 1. The summed E-state index contributed by atoms with van der Waals surface area (Å²) in [5.74, 6) is 0.731. The fraction of sp³-hybridized carbons (Fsp3) is 0.269. The van der Waals surface area contributed by atoms with Crippen LogP contribution in [-0.2, 0) is 11.2 Å². The highest BCUT2D eigenvalue weighted by Crippen LogP contribution is 2.47. The summed E-state index contributed by atoms with van der Waals surface area (Å²) in [5.41, 5.74) is 7.13. The summed E-state index contributed by atoms with van der Waals surface area (Å²) in [5, 5.41) is 0. The number of aromatic amines is 2. The maximum absolute atomic E-state index is 13.0. The molecule has 0 bridgehead atoms. The molecule has 6 heteroatoms. The lowest BCUT2D eigenvalue weighted by atomic mass is 9.70. The number of hydrogen-bond donors (Lipinski definition) is 2. The third-order valence-electron chi connectivity index (χ3n) is 6.60. The van der Waals surface area contributed by atoms with Crippen LogP contribution in [0.1, 0.15) is 48.9 Å². The van der Waals surface area contributed by atoms with E-state index in [4.69, 9.17) is 9.73 Å². The largest absolute Gasteiger partial charge is 0.426 e.